The molecule has 1 aliphatic rings. The Hall–Kier alpha value is -2.77. The zero-order valence-corrected chi connectivity index (χ0v) is 15.9. The Morgan fingerprint density at radius 3 is 2.70 bits per heavy atom. The summed E-state index contributed by atoms with van der Waals surface area (Å²) in [5.74, 6) is -0.718. The topological polar surface area (TPSA) is 108 Å². The lowest BCUT2D eigenvalue weighted by Crippen LogP contribution is -2.51. The number of methoxy groups -OCH3 is 1. The van der Waals surface area contributed by atoms with Gasteiger partial charge in [0.15, 0.2) is 0 Å². The van der Waals surface area contributed by atoms with E-state index in [0.717, 1.165) is 12.0 Å². The van der Waals surface area contributed by atoms with Gasteiger partial charge in [0.25, 0.3) is 0 Å². The molecule has 3 N–H and O–H groups in total. The molecule has 0 unspecified atom stereocenters. The number of aromatic carboxylic acids is 1. The molecular formula is C19H27N3O5. The summed E-state index contributed by atoms with van der Waals surface area (Å²) in [7, 11) is 1.48. The van der Waals surface area contributed by atoms with Crippen LogP contribution in [0.25, 0.3) is 0 Å². The summed E-state index contributed by atoms with van der Waals surface area (Å²) in [6.45, 7) is 4.71. The van der Waals surface area contributed by atoms with E-state index in [1.54, 1.807) is 11.0 Å². The van der Waals surface area contributed by atoms with E-state index in [2.05, 4.69) is 10.6 Å². The summed E-state index contributed by atoms with van der Waals surface area (Å²) < 4.78 is 5.24. The predicted molar refractivity (Wildman–Crippen MR) is 100 cm³/mol. The fraction of sp³-hybridized carbons (Fsp3) is 0.526. The number of nitrogens with one attached hydrogen (secondary N) is 2. The zero-order valence-electron chi connectivity index (χ0n) is 15.9. The number of carboxylic acid groups (broad SMARTS) is 1. The molecule has 8 heteroatoms. The van der Waals surface area contributed by atoms with Crippen LogP contribution in [0.4, 0.5) is 4.79 Å². The molecule has 0 radical (unpaired) electrons. The van der Waals surface area contributed by atoms with E-state index in [0.29, 0.717) is 31.7 Å². The molecule has 1 aromatic rings. The van der Waals surface area contributed by atoms with Crippen LogP contribution in [0.15, 0.2) is 18.2 Å². The maximum atomic E-state index is 12.5. The number of carboxylic acids is 1. The highest BCUT2D eigenvalue weighted by atomic mass is 16.5. The van der Waals surface area contributed by atoms with Gasteiger partial charge in [0.05, 0.1) is 12.7 Å². The number of urea groups is 1. The van der Waals surface area contributed by atoms with Crippen LogP contribution in [0.2, 0.25) is 0 Å². The van der Waals surface area contributed by atoms with E-state index >= 15 is 0 Å². The van der Waals surface area contributed by atoms with Gasteiger partial charge in [-0.1, -0.05) is 6.07 Å². The normalized spacial score (nSPS) is 16.3. The van der Waals surface area contributed by atoms with Gasteiger partial charge in [0.2, 0.25) is 5.91 Å². The number of amides is 3. The maximum Gasteiger partial charge on any atom is 0.335 e. The quantitative estimate of drug-likeness (QED) is 0.669. The van der Waals surface area contributed by atoms with Gasteiger partial charge in [-0.25, -0.2) is 9.59 Å². The summed E-state index contributed by atoms with van der Waals surface area (Å²) in [4.78, 5) is 37.3. The average Bonchev–Trinajstić information content (AvgIpc) is 3.11. The first-order valence-corrected chi connectivity index (χ1v) is 9.08. The lowest BCUT2D eigenvalue weighted by atomic mass is 10.1. The molecule has 0 bridgehead atoms. The highest BCUT2D eigenvalue weighted by molar-refractivity contribution is 5.88. The minimum absolute atomic E-state index is 0.0167. The highest BCUT2D eigenvalue weighted by Crippen LogP contribution is 2.21. The average molecular weight is 377 g/mol. The Labute approximate surface area is 158 Å². The van der Waals surface area contributed by atoms with Crippen LogP contribution >= 0.6 is 0 Å². The van der Waals surface area contributed by atoms with Crippen LogP contribution in [0.3, 0.4) is 0 Å². The van der Waals surface area contributed by atoms with E-state index in [-0.39, 0.29) is 23.5 Å². The number of carbonyl (C=O) groups excluding carboxylic acids is 2. The first kappa shape index (κ1) is 20.5. The van der Waals surface area contributed by atoms with Gasteiger partial charge in [-0.05, 0) is 50.8 Å². The van der Waals surface area contributed by atoms with Crippen LogP contribution in [-0.4, -0.2) is 60.2 Å². The number of benzene rings is 1. The number of ether oxygens (including phenoxy) is 1. The minimum atomic E-state index is -1.02. The van der Waals surface area contributed by atoms with E-state index in [1.165, 1.54) is 19.2 Å². The Morgan fingerprint density at radius 2 is 2.07 bits per heavy atom. The third-order valence-corrected chi connectivity index (χ3v) is 4.46. The summed E-state index contributed by atoms with van der Waals surface area (Å²) in [6.07, 6.45) is 1.95. The summed E-state index contributed by atoms with van der Waals surface area (Å²) >= 11 is 0. The third-order valence-electron chi connectivity index (χ3n) is 4.46. The molecule has 1 saturated heterocycles. The van der Waals surface area contributed by atoms with Crippen LogP contribution in [0, 0.1) is 0 Å². The van der Waals surface area contributed by atoms with Crippen LogP contribution < -0.4 is 15.4 Å². The molecule has 8 nitrogen and oxygen atoms in total. The third kappa shape index (κ3) is 5.35. The van der Waals surface area contributed by atoms with Gasteiger partial charge in [-0.2, -0.15) is 0 Å². The molecule has 2 rings (SSSR count). The van der Waals surface area contributed by atoms with Crippen molar-refractivity contribution >= 4 is 17.9 Å². The molecule has 0 saturated carbocycles. The second kappa shape index (κ2) is 9.25. The molecule has 27 heavy (non-hydrogen) atoms. The second-order valence-electron chi connectivity index (χ2n) is 6.83. The van der Waals surface area contributed by atoms with Crippen molar-refractivity contribution in [2.75, 3.05) is 20.2 Å². The van der Waals surface area contributed by atoms with Crippen molar-refractivity contribution < 1.29 is 24.2 Å². The molecule has 0 aromatic heterocycles. The Kier molecular flexibility index (Phi) is 7.04. The molecule has 1 aromatic carbocycles. The lowest BCUT2D eigenvalue weighted by molar-refractivity contribution is -0.124. The van der Waals surface area contributed by atoms with Crippen molar-refractivity contribution in [2.24, 2.45) is 0 Å². The molecule has 0 spiro atoms. The molecule has 3 amide bonds. The first-order valence-electron chi connectivity index (χ1n) is 9.08. The van der Waals surface area contributed by atoms with Crippen molar-refractivity contribution in [1.82, 2.24) is 15.5 Å². The van der Waals surface area contributed by atoms with Gasteiger partial charge in [-0.15, -0.1) is 0 Å². The van der Waals surface area contributed by atoms with Crippen molar-refractivity contribution in [1.29, 1.82) is 0 Å². The molecular weight excluding hydrogens is 350 g/mol. The van der Waals surface area contributed by atoms with Gasteiger partial charge >= 0.3 is 12.0 Å². The first-order chi connectivity index (χ1) is 12.8. The molecule has 1 atom stereocenters. The summed E-state index contributed by atoms with van der Waals surface area (Å²) in [5.41, 5.74) is 0.959. The highest BCUT2D eigenvalue weighted by Gasteiger charge is 2.34. The standard InChI is InChI=1S/C19H27N3O5/c1-12(2)21-19(26)22-10-4-5-15(22)17(23)20-9-8-13-6-7-14(18(24)25)11-16(13)27-3/h6-7,11-12,15H,4-5,8-10H2,1-3H3,(H,20,23)(H,21,26)(H,24,25)/t15-/m0/s1. The maximum absolute atomic E-state index is 12.5. The SMILES string of the molecule is COc1cc(C(=O)O)ccc1CCNC(=O)[C@@H]1CCCN1C(=O)NC(C)C. The van der Waals surface area contributed by atoms with Gasteiger partial charge < -0.3 is 25.4 Å². The molecule has 1 fully saturated rings. The minimum Gasteiger partial charge on any atom is -0.496 e. The van der Waals surface area contributed by atoms with Crippen molar-refractivity contribution in [3.05, 3.63) is 29.3 Å². The van der Waals surface area contributed by atoms with E-state index < -0.39 is 12.0 Å². The molecule has 148 valence electrons. The van der Waals surface area contributed by atoms with E-state index in [4.69, 9.17) is 9.84 Å². The smallest absolute Gasteiger partial charge is 0.335 e. The fourth-order valence-corrected chi connectivity index (χ4v) is 3.13. The molecule has 1 heterocycles. The number of hydrogen-bond donors (Lipinski definition) is 3. The summed E-state index contributed by atoms with van der Waals surface area (Å²) in [5, 5.41) is 14.7. The van der Waals surface area contributed by atoms with E-state index in [1.807, 2.05) is 13.8 Å². The number of hydrogen-bond acceptors (Lipinski definition) is 4. The Balaban J connectivity index is 1.92. The molecule has 1 aliphatic heterocycles. The second-order valence-corrected chi connectivity index (χ2v) is 6.83. The Bertz CT molecular complexity index is 705. The van der Waals surface area contributed by atoms with Crippen LogP contribution in [0.1, 0.15) is 42.6 Å². The van der Waals surface area contributed by atoms with E-state index in [9.17, 15) is 14.4 Å². The number of rotatable bonds is 7. The van der Waals surface area contributed by atoms with Crippen molar-refractivity contribution in [2.45, 2.75) is 45.2 Å². The lowest BCUT2D eigenvalue weighted by Gasteiger charge is -2.25. The number of carbonyl (C=O) groups is 3. The van der Waals surface area contributed by atoms with Gasteiger partial charge in [-0.3, -0.25) is 4.79 Å². The van der Waals surface area contributed by atoms with Gasteiger partial charge in [0, 0.05) is 19.1 Å². The fourth-order valence-electron chi connectivity index (χ4n) is 3.13. The van der Waals surface area contributed by atoms with Crippen LogP contribution in [-0.2, 0) is 11.2 Å². The largest absolute Gasteiger partial charge is 0.496 e. The summed E-state index contributed by atoms with van der Waals surface area (Å²) in [6, 6.07) is 4.01. The predicted octanol–water partition coefficient (Wildman–Crippen LogP) is 1.63. The molecule has 0 aliphatic carbocycles. The van der Waals surface area contributed by atoms with Crippen molar-refractivity contribution in [3.63, 3.8) is 0 Å². The van der Waals surface area contributed by atoms with Gasteiger partial charge in [0.1, 0.15) is 11.8 Å². The monoisotopic (exact) mass is 377 g/mol. The Morgan fingerprint density at radius 1 is 1.33 bits per heavy atom. The zero-order chi connectivity index (χ0) is 20.0. The van der Waals surface area contributed by atoms with Crippen molar-refractivity contribution in [3.8, 4) is 5.75 Å². The number of nitrogens with zero attached hydrogens (tertiary/aromatic N) is 1. The number of likely N-dealkylation sites (tertiary alicyclic amines) is 1. The van der Waals surface area contributed by atoms with Crippen LogP contribution in [0.5, 0.6) is 5.75 Å².